The van der Waals surface area contributed by atoms with Crippen molar-refractivity contribution in [3.63, 3.8) is 0 Å². The van der Waals surface area contributed by atoms with Crippen molar-refractivity contribution in [3.05, 3.63) is 54.1 Å². The number of anilines is 2. The van der Waals surface area contributed by atoms with Crippen molar-refractivity contribution in [1.29, 1.82) is 0 Å². The molecule has 29 heavy (non-hydrogen) atoms. The van der Waals surface area contributed by atoms with Gasteiger partial charge >= 0.3 is 6.61 Å². The van der Waals surface area contributed by atoms with Crippen molar-refractivity contribution < 1.29 is 18.3 Å². The lowest BCUT2D eigenvalue weighted by Gasteiger charge is -2.28. The van der Waals surface area contributed by atoms with Gasteiger partial charge in [-0.05, 0) is 68.3 Å². The number of hydrogen-bond acceptors (Lipinski definition) is 4. The number of amides is 1. The third-order valence-corrected chi connectivity index (χ3v) is 4.89. The molecule has 0 bridgehead atoms. The van der Waals surface area contributed by atoms with Gasteiger partial charge < -0.3 is 15.0 Å². The van der Waals surface area contributed by atoms with Crippen LogP contribution in [0, 0.1) is 0 Å². The second kappa shape index (κ2) is 10.2. The summed E-state index contributed by atoms with van der Waals surface area (Å²) < 4.78 is 28.7. The number of nitrogens with zero attached hydrogens (tertiary/aromatic N) is 2. The Labute approximate surface area is 170 Å². The molecule has 1 amide bonds. The number of alkyl halides is 2. The van der Waals surface area contributed by atoms with Crippen LogP contribution in [0.1, 0.15) is 24.8 Å². The Bertz CT molecular complexity index is 776. The second-order valence-electron chi connectivity index (χ2n) is 7.34. The van der Waals surface area contributed by atoms with Crippen molar-refractivity contribution in [2.45, 2.75) is 32.4 Å². The molecule has 1 fully saturated rings. The fourth-order valence-electron chi connectivity index (χ4n) is 3.50. The molecule has 2 aromatic rings. The van der Waals surface area contributed by atoms with Crippen molar-refractivity contribution in [2.24, 2.45) is 0 Å². The van der Waals surface area contributed by atoms with Crippen LogP contribution in [-0.2, 0) is 11.3 Å². The van der Waals surface area contributed by atoms with Gasteiger partial charge in [0.25, 0.3) is 0 Å². The summed E-state index contributed by atoms with van der Waals surface area (Å²) in [5, 5.41) is 2.92. The van der Waals surface area contributed by atoms with Gasteiger partial charge in [0.05, 0.1) is 6.54 Å². The Morgan fingerprint density at radius 1 is 1.07 bits per heavy atom. The highest BCUT2D eigenvalue weighted by molar-refractivity contribution is 5.92. The van der Waals surface area contributed by atoms with Crippen molar-refractivity contribution in [2.75, 3.05) is 36.9 Å². The molecule has 7 heteroatoms. The minimum atomic E-state index is -2.83. The van der Waals surface area contributed by atoms with Gasteiger partial charge in [-0.2, -0.15) is 8.78 Å². The highest BCUT2D eigenvalue weighted by Gasteiger charge is 2.12. The fraction of sp³-hybridized carbons (Fsp3) is 0.409. The van der Waals surface area contributed by atoms with E-state index in [0.717, 1.165) is 24.3 Å². The summed E-state index contributed by atoms with van der Waals surface area (Å²) in [6.07, 6.45) is 3.76. The van der Waals surface area contributed by atoms with E-state index in [4.69, 9.17) is 0 Å². The van der Waals surface area contributed by atoms with E-state index in [9.17, 15) is 13.6 Å². The van der Waals surface area contributed by atoms with Crippen LogP contribution in [0.5, 0.6) is 5.75 Å². The van der Waals surface area contributed by atoms with Gasteiger partial charge in [0.2, 0.25) is 5.91 Å². The van der Waals surface area contributed by atoms with Gasteiger partial charge in [-0.3, -0.25) is 9.69 Å². The molecule has 1 heterocycles. The van der Waals surface area contributed by atoms with Crippen LogP contribution < -0.4 is 15.0 Å². The lowest BCUT2D eigenvalue weighted by Crippen LogP contribution is -2.30. The summed E-state index contributed by atoms with van der Waals surface area (Å²) in [7, 11) is 1.84. The van der Waals surface area contributed by atoms with E-state index in [0.29, 0.717) is 6.54 Å². The predicted molar refractivity (Wildman–Crippen MR) is 111 cm³/mol. The van der Waals surface area contributed by atoms with Crippen LogP contribution in [0.4, 0.5) is 20.2 Å². The predicted octanol–water partition coefficient (Wildman–Crippen LogP) is 4.35. The number of piperidine rings is 1. The highest BCUT2D eigenvalue weighted by Crippen LogP contribution is 2.22. The molecule has 0 unspecified atom stereocenters. The van der Waals surface area contributed by atoms with E-state index < -0.39 is 6.61 Å². The quantitative estimate of drug-likeness (QED) is 0.712. The molecule has 0 aromatic heterocycles. The SMILES string of the molecule is CN(CC(=O)Nc1ccc(N2CCCCC2)cc1)Cc1ccc(OC(F)F)cc1. The monoisotopic (exact) mass is 403 g/mol. The fourth-order valence-corrected chi connectivity index (χ4v) is 3.50. The molecule has 0 aliphatic carbocycles. The summed E-state index contributed by atoms with van der Waals surface area (Å²) >= 11 is 0. The van der Waals surface area contributed by atoms with Gasteiger partial charge in [-0.15, -0.1) is 0 Å². The molecule has 1 aliphatic rings. The number of halogens is 2. The molecule has 1 saturated heterocycles. The van der Waals surface area contributed by atoms with Crippen LogP contribution in [0.2, 0.25) is 0 Å². The van der Waals surface area contributed by atoms with E-state index in [1.165, 1.54) is 37.1 Å². The molecule has 5 nitrogen and oxygen atoms in total. The maximum absolute atomic E-state index is 12.3. The molecule has 2 aromatic carbocycles. The Hall–Kier alpha value is -2.67. The lowest BCUT2D eigenvalue weighted by atomic mass is 10.1. The first-order valence-corrected chi connectivity index (χ1v) is 9.87. The Kier molecular flexibility index (Phi) is 7.41. The van der Waals surface area contributed by atoms with Gasteiger partial charge in [-0.1, -0.05) is 12.1 Å². The number of likely N-dealkylation sites (N-methyl/N-ethyl adjacent to an activating group) is 1. The van der Waals surface area contributed by atoms with E-state index in [-0.39, 0.29) is 18.2 Å². The molecule has 1 N–H and O–H groups in total. The number of hydrogen-bond donors (Lipinski definition) is 1. The lowest BCUT2D eigenvalue weighted by molar-refractivity contribution is -0.117. The smallest absolute Gasteiger partial charge is 0.387 e. The zero-order valence-corrected chi connectivity index (χ0v) is 16.6. The van der Waals surface area contributed by atoms with Crippen molar-refractivity contribution in [1.82, 2.24) is 4.90 Å². The molecule has 1 aliphatic heterocycles. The molecule has 0 radical (unpaired) electrons. The summed E-state index contributed by atoms with van der Waals surface area (Å²) in [6.45, 7) is 0.0952. The van der Waals surface area contributed by atoms with Crippen LogP contribution in [-0.4, -0.2) is 44.1 Å². The summed E-state index contributed by atoms with van der Waals surface area (Å²) in [6, 6.07) is 14.4. The molecule has 0 saturated carbocycles. The normalized spacial score (nSPS) is 14.3. The van der Waals surface area contributed by atoms with Gasteiger partial charge in [0.15, 0.2) is 0 Å². The molecular weight excluding hydrogens is 376 g/mol. The first-order chi connectivity index (χ1) is 14.0. The van der Waals surface area contributed by atoms with Crippen LogP contribution >= 0.6 is 0 Å². The maximum atomic E-state index is 12.3. The second-order valence-corrected chi connectivity index (χ2v) is 7.34. The van der Waals surface area contributed by atoms with E-state index >= 15 is 0 Å². The average Bonchev–Trinajstić information content (AvgIpc) is 2.70. The zero-order chi connectivity index (χ0) is 20.6. The van der Waals surface area contributed by atoms with Crippen LogP contribution in [0.25, 0.3) is 0 Å². The topological polar surface area (TPSA) is 44.8 Å². The zero-order valence-electron chi connectivity index (χ0n) is 16.6. The summed E-state index contributed by atoms with van der Waals surface area (Å²) in [5.74, 6) is 0.0213. The number of carbonyl (C=O) groups is 1. The summed E-state index contributed by atoms with van der Waals surface area (Å²) in [5.41, 5.74) is 2.88. The maximum Gasteiger partial charge on any atom is 0.387 e. The third-order valence-electron chi connectivity index (χ3n) is 4.89. The van der Waals surface area contributed by atoms with E-state index in [1.807, 2.05) is 36.2 Å². The first kappa shape index (κ1) is 21.0. The minimum Gasteiger partial charge on any atom is -0.435 e. The molecule has 3 rings (SSSR count). The summed E-state index contributed by atoms with van der Waals surface area (Å²) in [4.78, 5) is 16.5. The molecule has 156 valence electrons. The third kappa shape index (κ3) is 6.71. The first-order valence-electron chi connectivity index (χ1n) is 9.87. The molecule has 0 atom stereocenters. The van der Waals surface area contributed by atoms with E-state index in [1.54, 1.807) is 12.1 Å². The van der Waals surface area contributed by atoms with Gasteiger partial charge in [0.1, 0.15) is 5.75 Å². The van der Waals surface area contributed by atoms with Gasteiger partial charge in [0, 0.05) is 31.0 Å². The average molecular weight is 403 g/mol. The number of benzene rings is 2. The number of carbonyl (C=O) groups excluding carboxylic acids is 1. The van der Waals surface area contributed by atoms with Crippen molar-refractivity contribution in [3.8, 4) is 5.75 Å². The highest BCUT2D eigenvalue weighted by atomic mass is 19.3. The molecule has 0 spiro atoms. The van der Waals surface area contributed by atoms with Crippen LogP contribution in [0.3, 0.4) is 0 Å². The number of ether oxygens (including phenoxy) is 1. The Morgan fingerprint density at radius 2 is 1.72 bits per heavy atom. The van der Waals surface area contributed by atoms with Crippen molar-refractivity contribution >= 4 is 17.3 Å². The van der Waals surface area contributed by atoms with Crippen LogP contribution in [0.15, 0.2) is 48.5 Å². The largest absolute Gasteiger partial charge is 0.435 e. The Balaban J connectivity index is 1.45. The number of nitrogens with one attached hydrogen (secondary N) is 1. The minimum absolute atomic E-state index is 0.101. The molecular formula is C22H27F2N3O2. The Morgan fingerprint density at radius 3 is 2.34 bits per heavy atom. The van der Waals surface area contributed by atoms with E-state index in [2.05, 4.69) is 15.0 Å². The standard InChI is InChI=1S/C22H27F2N3O2/c1-26(15-17-5-11-20(12-6-17)29-22(23)24)16-21(28)25-18-7-9-19(10-8-18)27-13-3-2-4-14-27/h5-12,22H,2-4,13-16H2,1H3,(H,25,28). The number of rotatable bonds is 8. The van der Waals surface area contributed by atoms with Gasteiger partial charge in [-0.25, -0.2) is 0 Å².